The Kier molecular flexibility index (Phi) is 9.17. The van der Waals surface area contributed by atoms with Crippen LogP contribution in [0.5, 0.6) is 0 Å². The van der Waals surface area contributed by atoms with E-state index in [4.69, 9.17) is 4.52 Å². The van der Waals surface area contributed by atoms with Crippen molar-refractivity contribution in [2.24, 2.45) is 5.92 Å². The second kappa shape index (κ2) is 13.4. The van der Waals surface area contributed by atoms with Gasteiger partial charge in [0.15, 0.2) is 17.1 Å². The molecule has 3 N–H and O–H groups in total. The number of aromatic nitrogens is 4. The number of benzene rings is 2. The van der Waals surface area contributed by atoms with Crippen LogP contribution in [0.2, 0.25) is 0 Å². The van der Waals surface area contributed by atoms with E-state index in [2.05, 4.69) is 49.0 Å². The number of nitrogens with zero attached hydrogens (tertiary/aromatic N) is 4. The van der Waals surface area contributed by atoms with Gasteiger partial charge in [0.05, 0.1) is 29.3 Å². The van der Waals surface area contributed by atoms with Crippen LogP contribution in [0.25, 0.3) is 22.1 Å². The van der Waals surface area contributed by atoms with Gasteiger partial charge in [0.25, 0.3) is 0 Å². The highest BCUT2D eigenvalue weighted by Crippen LogP contribution is 2.58. The summed E-state index contributed by atoms with van der Waals surface area (Å²) in [4.78, 5) is 18.5. The van der Waals surface area contributed by atoms with Gasteiger partial charge in [-0.1, -0.05) is 35.1 Å². The first kappa shape index (κ1) is 38.4. The zero-order valence-electron chi connectivity index (χ0n) is 29.2. The second-order valence-corrected chi connectivity index (χ2v) is 15.5. The lowest BCUT2D eigenvalue weighted by Crippen LogP contribution is -2.36. The number of fused-ring (bicyclic) bond motifs is 4. The van der Waals surface area contributed by atoms with Gasteiger partial charge in [-0.2, -0.15) is 27.1 Å². The summed E-state index contributed by atoms with van der Waals surface area (Å²) in [6.07, 6.45) is -4.68. The molecule has 0 saturated carbocycles. The molecule has 1 unspecified atom stereocenters. The number of pyridine rings is 1. The molecule has 3 aromatic heterocycles. The van der Waals surface area contributed by atoms with Crippen LogP contribution in [0.1, 0.15) is 59.7 Å². The lowest BCUT2D eigenvalue weighted by molar-refractivity contribution is -0.142. The molecule has 11 nitrogen and oxygen atoms in total. The average Bonchev–Trinajstić information content (AvgIpc) is 3.66. The molecule has 2 aliphatic rings. The number of amides is 1. The number of para-hydroxylation sites is 1. The van der Waals surface area contributed by atoms with E-state index in [-0.39, 0.29) is 49.5 Å². The van der Waals surface area contributed by atoms with Crippen molar-refractivity contribution >= 4 is 32.7 Å². The van der Waals surface area contributed by atoms with Crippen LogP contribution in [0, 0.1) is 41.2 Å². The Morgan fingerprint density at radius 2 is 1.80 bits per heavy atom. The highest BCUT2D eigenvalue weighted by molar-refractivity contribution is 7.92. The second-order valence-electron chi connectivity index (χ2n) is 13.8. The van der Waals surface area contributed by atoms with E-state index in [0.717, 1.165) is 18.4 Å². The molecular weight excluding hydrogens is 773 g/mol. The maximum absolute atomic E-state index is 15.5. The van der Waals surface area contributed by atoms with Gasteiger partial charge in [-0.05, 0) is 62.1 Å². The average molecular weight is 801 g/mol. The molecule has 2 aliphatic carbocycles. The molecule has 7 rings (SSSR count). The van der Waals surface area contributed by atoms with Crippen molar-refractivity contribution in [1.82, 2.24) is 25.2 Å². The molecule has 56 heavy (non-hydrogen) atoms. The summed E-state index contributed by atoms with van der Waals surface area (Å²) >= 11 is 0. The zero-order chi connectivity index (χ0) is 40.5. The molecule has 0 saturated heterocycles. The van der Waals surface area contributed by atoms with E-state index in [9.17, 15) is 40.3 Å². The van der Waals surface area contributed by atoms with Gasteiger partial charge in [0, 0.05) is 22.8 Å². The van der Waals surface area contributed by atoms with Crippen molar-refractivity contribution in [3.8, 4) is 34.8 Å². The fraction of sp³-hybridized carbons (Fsp3) is 0.297. The summed E-state index contributed by atoms with van der Waals surface area (Å²) in [5, 5.41) is 20.2. The van der Waals surface area contributed by atoms with Crippen LogP contribution in [0.15, 0.2) is 53.1 Å². The minimum absolute atomic E-state index is 0.0226. The third kappa shape index (κ3) is 7.39. The van der Waals surface area contributed by atoms with E-state index < -0.39 is 93.1 Å². The summed E-state index contributed by atoms with van der Waals surface area (Å²) in [7, 11) is -3.82. The fourth-order valence-electron chi connectivity index (χ4n) is 6.62. The SMILES string of the molecule is CC(C)(O)C#Cc1ccc(-c2cccc3c(NS(C)(=O)=O)noc23)c(C(Cc2cc(F)cc(F)c2)NC(=O)Cn2nc(C(F)(F)F)c3c2C(F)(F)[C@@H]2C#C[C@H]32)n1. The van der Waals surface area contributed by atoms with Gasteiger partial charge in [-0.15, -0.1) is 0 Å². The quantitative estimate of drug-likeness (QED) is 0.125. The molecule has 1 amide bonds. The third-order valence-electron chi connectivity index (χ3n) is 8.82. The van der Waals surface area contributed by atoms with Gasteiger partial charge < -0.3 is 14.9 Å². The minimum atomic E-state index is -5.15. The predicted octanol–water partition coefficient (Wildman–Crippen LogP) is 5.80. The van der Waals surface area contributed by atoms with Crippen LogP contribution in [0.4, 0.5) is 36.6 Å². The molecule has 0 fully saturated rings. The van der Waals surface area contributed by atoms with Gasteiger partial charge in [-0.3, -0.25) is 14.2 Å². The molecule has 0 bridgehead atoms. The van der Waals surface area contributed by atoms with E-state index in [0.29, 0.717) is 6.07 Å². The lowest BCUT2D eigenvalue weighted by atomic mass is 9.84. The Balaban J connectivity index is 1.36. The summed E-state index contributed by atoms with van der Waals surface area (Å²) in [6.45, 7) is 1.66. The summed E-state index contributed by atoms with van der Waals surface area (Å²) in [5.41, 5.74) is -4.65. The van der Waals surface area contributed by atoms with E-state index in [1.807, 2.05) is 0 Å². The highest BCUT2D eigenvalue weighted by atomic mass is 32.2. The molecule has 3 heterocycles. The summed E-state index contributed by atoms with van der Waals surface area (Å²) < 4.78 is 134. The molecule has 0 radical (unpaired) electrons. The Hall–Kier alpha value is -5.92. The van der Waals surface area contributed by atoms with Crippen LogP contribution >= 0.6 is 0 Å². The number of hydrogen-bond donors (Lipinski definition) is 3. The van der Waals surface area contributed by atoms with Crippen molar-refractivity contribution in [2.45, 2.75) is 56.5 Å². The van der Waals surface area contributed by atoms with Crippen LogP contribution in [-0.4, -0.2) is 51.2 Å². The summed E-state index contributed by atoms with van der Waals surface area (Å²) in [6, 6.07) is 8.59. The van der Waals surface area contributed by atoms with Crippen LogP contribution < -0.4 is 10.0 Å². The Bertz CT molecular complexity index is 2660. The summed E-state index contributed by atoms with van der Waals surface area (Å²) in [5.74, 6) is -0.470. The number of alkyl halides is 5. The number of anilines is 1. The minimum Gasteiger partial charge on any atom is -0.378 e. The molecule has 2 aromatic carbocycles. The Morgan fingerprint density at radius 3 is 2.43 bits per heavy atom. The number of sulfonamides is 1. The van der Waals surface area contributed by atoms with Crippen molar-refractivity contribution in [3.05, 3.63) is 94.1 Å². The molecule has 0 spiro atoms. The van der Waals surface area contributed by atoms with Crippen LogP contribution in [0.3, 0.4) is 0 Å². The smallest absolute Gasteiger partial charge is 0.378 e. The monoisotopic (exact) mass is 800 g/mol. The molecular formula is C37H27F7N6O5S. The largest absolute Gasteiger partial charge is 0.435 e. The standard InChI is InChI=1S/C37H27F7N6O5S/c1-35(2,52)12-11-21-7-8-22(23-5-4-6-25-31(23)55-48-34(25)49-56(3,53)54)30(45-21)27(15-18-13-19(38)16-20(39)14-18)46-28(51)17-50-33-29(32(47-50)37(42,43)44)24-9-10-26(24)36(33,40)41/h4-8,13-14,16,24,26-27,52H,15,17H2,1-3H3,(H,46,51)(H,48,49)/t24-,26+,27?/m0/s1. The first-order valence-electron chi connectivity index (χ1n) is 16.5. The van der Waals surface area contributed by atoms with Crippen LogP contribution in [-0.2, 0) is 39.9 Å². The maximum atomic E-state index is 15.5. The van der Waals surface area contributed by atoms with Gasteiger partial charge in [0.2, 0.25) is 15.9 Å². The van der Waals surface area contributed by atoms with Crippen molar-refractivity contribution in [2.75, 3.05) is 11.0 Å². The Labute approximate surface area is 313 Å². The fourth-order valence-corrected chi connectivity index (χ4v) is 7.12. The van der Waals surface area contributed by atoms with Crippen molar-refractivity contribution in [3.63, 3.8) is 0 Å². The molecule has 3 atom stereocenters. The number of carbonyl (C=O) groups is 1. The van der Waals surface area contributed by atoms with Crippen molar-refractivity contribution < 1.29 is 53.6 Å². The number of carbonyl (C=O) groups excluding carboxylic acids is 1. The molecule has 290 valence electrons. The number of halogens is 7. The third-order valence-corrected chi connectivity index (χ3v) is 9.38. The molecule has 5 aromatic rings. The highest BCUT2D eigenvalue weighted by Gasteiger charge is 2.62. The van der Waals surface area contributed by atoms with Crippen molar-refractivity contribution in [1.29, 1.82) is 0 Å². The number of hydrogen-bond acceptors (Lipinski definition) is 8. The first-order valence-corrected chi connectivity index (χ1v) is 18.4. The van der Waals surface area contributed by atoms with E-state index in [1.165, 1.54) is 44.2 Å². The normalized spacial score (nSPS) is 17.5. The number of aliphatic hydroxyl groups is 1. The van der Waals surface area contributed by atoms with Gasteiger partial charge in [-0.25, -0.2) is 22.2 Å². The number of nitrogens with one attached hydrogen (secondary N) is 2. The lowest BCUT2D eigenvalue weighted by Gasteiger charge is -2.24. The van der Waals surface area contributed by atoms with Gasteiger partial charge in [0.1, 0.15) is 41.1 Å². The maximum Gasteiger partial charge on any atom is 0.435 e. The predicted molar refractivity (Wildman–Crippen MR) is 185 cm³/mol. The zero-order valence-corrected chi connectivity index (χ0v) is 30.0. The number of rotatable bonds is 9. The molecule has 19 heteroatoms. The Morgan fingerprint density at radius 1 is 1.09 bits per heavy atom. The molecule has 0 aliphatic heterocycles. The van der Waals surface area contributed by atoms with E-state index >= 15 is 8.78 Å². The first-order chi connectivity index (χ1) is 26.1. The van der Waals surface area contributed by atoms with Gasteiger partial charge >= 0.3 is 12.1 Å². The van der Waals surface area contributed by atoms with E-state index in [1.54, 1.807) is 0 Å². The topological polar surface area (TPSA) is 152 Å².